The van der Waals surface area contributed by atoms with Crippen LogP contribution in [-0.2, 0) is 11.3 Å². The molecule has 0 spiro atoms. The number of nitrogens with one attached hydrogen (secondary N) is 1. The van der Waals surface area contributed by atoms with Crippen molar-refractivity contribution >= 4 is 23.2 Å². The summed E-state index contributed by atoms with van der Waals surface area (Å²) in [5.41, 5.74) is 3.04. The van der Waals surface area contributed by atoms with Gasteiger partial charge >= 0.3 is 0 Å². The lowest BCUT2D eigenvalue weighted by Crippen LogP contribution is -2.30. The van der Waals surface area contributed by atoms with E-state index in [2.05, 4.69) is 48.4 Å². The molecule has 1 heterocycles. The van der Waals surface area contributed by atoms with Gasteiger partial charge in [0.15, 0.2) is 5.15 Å². The highest BCUT2D eigenvalue weighted by molar-refractivity contribution is 6.32. The van der Waals surface area contributed by atoms with Crippen molar-refractivity contribution < 1.29 is 4.79 Å². The van der Waals surface area contributed by atoms with Gasteiger partial charge in [-0.05, 0) is 36.2 Å². The summed E-state index contributed by atoms with van der Waals surface area (Å²) >= 11 is 5.94. The number of pyridine rings is 1. The molecule has 1 aromatic heterocycles. The number of carbonyl (C=O) groups excluding carboxylic acids is 1. The van der Waals surface area contributed by atoms with E-state index < -0.39 is 0 Å². The fourth-order valence-corrected chi connectivity index (χ4v) is 2.46. The average Bonchev–Trinajstić information content (AvgIpc) is 2.50. The van der Waals surface area contributed by atoms with Gasteiger partial charge in [-0.3, -0.25) is 9.69 Å². The number of anilines is 1. The van der Waals surface area contributed by atoms with E-state index in [4.69, 9.17) is 11.6 Å². The molecular formula is C18H22ClN3O. The Morgan fingerprint density at radius 2 is 1.96 bits per heavy atom. The lowest BCUT2D eigenvalue weighted by molar-refractivity contribution is -0.117. The van der Waals surface area contributed by atoms with Crippen molar-refractivity contribution in [2.24, 2.45) is 0 Å². The Kier molecular flexibility index (Phi) is 6.13. The van der Waals surface area contributed by atoms with Crippen LogP contribution >= 0.6 is 11.6 Å². The number of carbonyl (C=O) groups is 1. The first-order valence-electron chi connectivity index (χ1n) is 7.63. The van der Waals surface area contributed by atoms with Crippen LogP contribution in [0.2, 0.25) is 5.15 Å². The Labute approximate surface area is 142 Å². The van der Waals surface area contributed by atoms with E-state index in [1.165, 1.54) is 11.1 Å². The molecule has 0 aliphatic heterocycles. The molecule has 0 aliphatic carbocycles. The van der Waals surface area contributed by atoms with Crippen molar-refractivity contribution in [1.29, 1.82) is 0 Å². The van der Waals surface area contributed by atoms with Crippen LogP contribution in [0.1, 0.15) is 30.9 Å². The number of benzene rings is 1. The van der Waals surface area contributed by atoms with E-state index >= 15 is 0 Å². The standard InChI is InChI=1S/C18H22ClN3O/c1-13(2)15-8-6-14(7-9-15)11-22(3)12-17(23)21-16-5-4-10-20-18(16)19/h4-10,13H,11-12H2,1-3H3,(H,21,23). The van der Waals surface area contributed by atoms with Crippen LogP contribution in [0.3, 0.4) is 0 Å². The van der Waals surface area contributed by atoms with Crippen molar-refractivity contribution in [3.63, 3.8) is 0 Å². The Balaban J connectivity index is 1.87. The van der Waals surface area contributed by atoms with Gasteiger partial charge in [-0.25, -0.2) is 4.98 Å². The highest BCUT2D eigenvalue weighted by Crippen LogP contribution is 2.18. The number of halogens is 1. The van der Waals surface area contributed by atoms with E-state index in [0.717, 1.165) is 0 Å². The highest BCUT2D eigenvalue weighted by atomic mass is 35.5. The van der Waals surface area contributed by atoms with Gasteiger partial charge in [0, 0.05) is 12.7 Å². The zero-order valence-electron chi connectivity index (χ0n) is 13.7. The number of hydrogen-bond acceptors (Lipinski definition) is 3. The molecule has 0 fully saturated rings. The molecule has 23 heavy (non-hydrogen) atoms. The molecule has 0 atom stereocenters. The third kappa shape index (κ3) is 5.34. The summed E-state index contributed by atoms with van der Waals surface area (Å²) in [5, 5.41) is 3.07. The molecule has 1 amide bonds. The quantitative estimate of drug-likeness (QED) is 0.816. The summed E-state index contributed by atoms with van der Waals surface area (Å²) in [4.78, 5) is 18.0. The summed E-state index contributed by atoms with van der Waals surface area (Å²) < 4.78 is 0. The van der Waals surface area contributed by atoms with Crippen LogP contribution in [0, 0.1) is 0 Å². The maximum Gasteiger partial charge on any atom is 0.238 e. The van der Waals surface area contributed by atoms with Crippen molar-refractivity contribution in [1.82, 2.24) is 9.88 Å². The summed E-state index contributed by atoms with van der Waals surface area (Å²) in [6.45, 7) is 5.35. The van der Waals surface area contributed by atoms with Crippen molar-refractivity contribution in [2.75, 3.05) is 18.9 Å². The minimum Gasteiger partial charge on any atom is -0.322 e. The van der Waals surface area contributed by atoms with Gasteiger partial charge in [-0.1, -0.05) is 49.7 Å². The second kappa shape index (κ2) is 8.09. The monoisotopic (exact) mass is 331 g/mol. The van der Waals surface area contributed by atoms with E-state index in [1.807, 2.05) is 11.9 Å². The molecule has 0 saturated heterocycles. The van der Waals surface area contributed by atoms with Crippen LogP contribution in [0.4, 0.5) is 5.69 Å². The minimum absolute atomic E-state index is 0.110. The predicted octanol–water partition coefficient (Wildman–Crippen LogP) is 3.93. The number of nitrogens with zero attached hydrogens (tertiary/aromatic N) is 2. The Bertz CT molecular complexity index is 656. The third-order valence-electron chi connectivity index (χ3n) is 3.55. The molecule has 2 rings (SSSR count). The average molecular weight is 332 g/mol. The Hall–Kier alpha value is -1.91. The molecule has 1 N–H and O–H groups in total. The number of rotatable bonds is 6. The topological polar surface area (TPSA) is 45.2 Å². The van der Waals surface area contributed by atoms with E-state index in [-0.39, 0.29) is 12.5 Å². The summed E-state index contributed by atoms with van der Waals surface area (Å²) in [6, 6.07) is 12.0. The molecule has 0 unspecified atom stereocenters. The number of likely N-dealkylation sites (N-methyl/N-ethyl adjacent to an activating group) is 1. The fraction of sp³-hybridized carbons (Fsp3) is 0.333. The van der Waals surface area contributed by atoms with E-state index in [0.29, 0.717) is 23.3 Å². The van der Waals surface area contributed by atoms with Crippen molar-refractivity contribution in [3.05, 3.63) is 58.9 Å². The smallest absolute Gasteiger partial charge is 0.238 e. The zero-order valence-corrected chi connectivity index (χ0v) is 14.5. The minimum atomic E-state index is -0.110. The predicted molar refractivity (Wildman–Crippen MR) is 94.7 cm³/mol. The normalized spacial score (nSPS) is 11.0. The Morgan fingerprint density at radius 3 is 2.57 bits per heavy atom. The molecule has 0 saturated carbocycles. The molecule has 0 aliphatic rings. The van der Waals surface area contributed by atoms with Gasteiger partial charge in [-0.15, -0.1) is 0 Å². The van der Waals surface area contributed by atoms with Gasteiger partial charge in [0.25, 0.3) is 0 Å². The molecule has 0 radical (unpaired) electrons. The number of aromatic nitrogens is 1. The maximum absolute atomic E-state index is 12.1. The summed E-state index contributed by atoms with van der Waals surface area (Å²) in [5.74, 6) is 0.415. The van der Waals surface area contributed by atoms with Gasteiger partial charge in [0.1, 0.15) is 0 Å². The Morgan fingerprint density at radius 1 is 1.26 bits per heavy atom. The van der Waals surface area contributed by atoms with E-state index in [1.54, 1.807) is 18.3 Å². The molecular weight excluding hydrogens is 310 g/mol. The van der Waals surface area contributed by atoms with Crippen LogP contribution in [0.5, 0.6) is 0 Å². The van der Waals surface area contributed by atoms with Gasteiger partial charge in [0.2, 0.25) is 5.91 Å². The SMILES string of the molecule is CC(C)c1ccc(CN(C)CC(=O)Nc2cccnc2Cl)cc1. The lowest BCUT2D eigenvalue weighted by Gasteiger charge is -2.17. The first kappa shape index (κ1) is 17.4. The van der Waals surface area contributed by atoms with Gasteiger partial charge in [-0.2, -0.15) is 0 Å². The van der Waals surface area contributed by atoms with Gasteiger partial charge in [0.05, 0.1) is 12.2 Å². The van der Waals surface area contributed by atoms with Crippen LogP contribution in [0.15, 0.2) is 42.6 Å². The first-order valence-corrected chi connectivity index (χ1v) is 8.01. The number of amides is 1. The molecule has 5 heteroatoms. The zero-order chi connectivity index (χ0) is 16.8. The second-order valence-corrected chi connectivity index (χ2v) is 6.32. The molecule has 0 bridgehead atoms. The maximum atomic E-state index is 12.1. The highest BCUT2D eigenvalue weighted by Gasteiger charge is 2.10. The molecule has 2 aromatic rings. The summed E-state index contributed by atoms with van der Waals surface area (Å²) in [6.07, 6.45) is 1.59. The largest absolute Gasteiger partial charge is 0.322 e. The third-order valence-corrected chi connectivity index (χ3v) is 3.85. The summed E-state index contributed by atoms with van der Waals surface area (Å²) in [7, 11) is 1.92. The lowest BCUT2D eigenvalue weighted by atomic mass is 10.0. The van der Waals surface area contributed by atoms with Crippen LogP contribution < -0.4 is 5.32 Å². The van der Waals surface area contributed by atoms with Crippen LogP contribution in [-0.4, -0.2) is 29.4 Å². The number of hydrogen-bond donors (Lipinski definition) is 1. The van der Waals surface area contributed by atoms with Crippen molar-refractivity contribution in [3.8, 4) is 0 Å². The molecule has 1 aromatic carbocycles. The second-order valence-electron chi connectivity index (χ2n) is 5.96. The van der Waals surface area contributed by atoms with Crippen molar-refractivity contribution in [2.45, 2.75) is 26.3 Å². The molecule has 122 valence electrons. The fourth-order valence-electron chi connectivity index (χ4n) is 2.29. The van der Waals surface area contributed by atoms with Crippen LogP contribution in [0.25, 0.3) is 0 Å². The van der Waals surface area contributed by atoms with Gasteiger partial charge < -0.3 is 5.32 Å². The molecule has 4 nitrogen and oxygen atoms in total. The van der Waals surface area contributed by atoms with E-state index in [9.17, 15) is 4.79 Å². The first-order chi connectivity index (χ1) is 11.0.